The lowest BCUT2D eigenvalue weighted by molar-refractivity contribution is -0.141. The van der Waals surface area contributed by atoms with E-state index in [0.717, 1.165) is 5.56 Å². The summed E-state index contributed by atoms with van der Waals surface area (Å²) in [6, 6.07) is 8.16. The number of rotatable bonds is 6. The zero-order chi connectivity index (χ0) is 21.1. The van der Waals surface area contributed by atoms with E-state index in [1.807, 2.05) is 48.6 Å². The molecule has 2 N–H and O–H groups in total. The van der Waals surface area contributed by atoms with Crippen LogP contribution in [0, 0.1) is 9.62 Å². The van der Waals surface area contributed by atoms with Gasteiger partial charge in [0.15, 0.2) is 5.76 Å². The highest BCUT2D eigenvalue weighted by Crippen LogP contribution is 2.31. The average Bonchev–Trinajstić information content (AvgIpc) is 3.26. The van der Waals surface area contributed by atoms with Crippen LogP contribution in [0.2, 0.25) is 5.02 Å². The standard InChI is InChI=1S/C20H23ClIN3O4/c1-11(2)18(16-8-17(22)24-29-16)20(28)25-10-14(26)7-15(25)19(27)23-9-12-3-5-13(21)6-4-12/h3-6,8,11,14-15,18,26H,7,9-10H2,1-2H3,(H,23,27). The van der Waals surface area contributed by atoms with Gasteiger partial charge in [0, 0.05) is 30.6 Å². The van der Waals surface area contributed by atoms with Gasteiger partial charge in [0.2, 0.25) is 11.8 Å². The Kier molecular flexibility index (Phi) is 7.18. The third kappa shape index (κ3) is 5.29. The van der Waals surface area contributed by atoms with E-state index in [1.54, 1.807) is 18.2 Å². The molecule has 0 bridgehead atoms. The highest BCUT2D eigenvalue weighted by molar-refractivity contribution is 14.1. The van der Waals surface area contributed by atoms with Gasteiger partial charge in [-0.15, -0.1) is 0 Å². The first-order chi connectivity index (χ1) is 13.8. The molecule has 2 aromatic rings. The Balaban J connectivity index is 1.73. The second-order valence-electron chi connectivity index (χ2n) is 7.51. The molecule has 1 fully saturated rings. The highest BCUT2D eigenvalue weighted by Gasteiger charge is 2.43. The van der Waals surface area contributed by atoms with Crippen molar-refractivity contribution in [3.8, 4) is 0 Å². The van der Waals surface area contributed by atoms with Gasteiger partial charge >= 0.3 is 0 Å². The lowest BCUT2D eigenvalue weighted by Gasteiger charge is -2.28. The van der Waals surface area contributed by atoms with Crippen LogP contribution in [-0.2, 0) is 16.1 Å². The van der Waals surface area contributed by atoms with Crippen LogP contribution in [0.3, 0.4) is 0 Å². The average molecular weight is 532 g/mol. The molecule has 156 valence electrons. The molecule has 0 saturated carbocycles. The van der Waals surface area contributed by atoms with Gasteiger partial charge in [0.05, 0.1) is 6.10 Å². The molecule has 1 aliphatic heterocycles. The van der Waals surface area contributed by atoms with Gasteiger partial charge in [0.25, 0.3) is 0 Å². The second-order valence-corrected chi connectivity index (χ2v) is 9.06. The zero-order valence-electron chi connectivity index (χ0n) is 16.1. The van der Waals surface area contributed by atoms with E-state index >= 15 is 0 Å². The largest absolute Gasteiger partial charge is 0.391 e. The lowest BCUT2D eigenvalue weighted by Crippen LogP contribution is -2.48. The van der Waals surface area contributed by atoms with Gasteiger partial charge < -0.3 is 19.8 Å². The number of aromatic nitrogens is 1. The summed E-state index contributed by atoms with van der Waals surface area (Å²) in [7, 11) is 0. The summed E-state index contributed by atoms with van der Waals surface area (Å²) in [5.41, 5.74) is 0.899. The second kappa shape index (κ2) is 9.44. The fourth-order valence-electron chi connectivity index (χ4n) is 3.54. The topological polar surface area (TPSA) is 95.7 Å². The summed E-state index contributed by atoms with van der Waals surface area (Å²) < 4.78 is 5.99. The number of halogens is 2. The van der Waals surface area contributed by atoms with Crippen LogP contribution >= 0.6 is 34.2 Å². The van der Waals surface area contributed by atoms with Gasteiger partial charge in [-0.2, -0.15) is 0 Å². The zero-order valence-corrected chi connectivity index (χ0v) is 19.1. The van der Waals surface area contributed by atoms with Gasteiger partial charge in [-0.3, -0.25) is 9.59 Å². The summed E-state index contributed by atoms with van der Waals surface area (Å²) in [4.78, 5) is 27.6. The van der Waals surface area contributed by atoms with Gasteiger partial charge in [0.1, 0.15) is 15.7 Å². The van der Waals surface area contributed by atoms with Crippen molar-refractivity contribution in [1.82, 2.24) is 15.4 Å². The number of hydrogen-bond donors (Lipinski definition) is 2. The Bertz CT molecular complexity index is 871. The number of aliphatic hydroxyl groups excluding tert-OH is 1. The molecule has 1 aromatic heterocycles. The maximum atomic E-state index is 13.3. The monoisotopic (exact) mass is 531 g/mol. The molecule has 7 nitrogen and oxygen atoms in total. The van der Waals surface area contributed by atoms with Crippen molar-refractivity contribution >= 4 is 46.0 Å². The minimum Gasteiger partial charge on any atom is -0.391 e. The number of hydrogen-bond acceptors (Lipinski definition) is 5. The number of carbonyl (C=O) groups is 2. The maximum Gasteiger partial charge on any atom is 0.243 e. The molecule has 2 amide bonds. The van der Waals surface area contributed by atoms with Gasteiger partial charge in [-0.1, -0.05) is 42.7 Å². The van der Waals surface area contributed by atoms with E-state index in [0.29, 0.717) is 21.0 Å². The highest BCUT2D eigenvalue weighted by atomic mass is 127. The molecule has 0 spiro atoms. The molecule has 3 rings (SSSR count). The predicted octanol–water partition coefficient (Wildman–Crippen LogP) is 2.95. The van der Waals surface area contributed by atoms with Crippen molar-refractivity contribution in [1.29, 1.82) is 0 Å². The summed E-state index contributed by atoms with van der Waals surface area (Å²) in [5, 5.41) is 17.5. The van der Waals surface area contributed by atoms with E-state index in [-0.39, 0.29) is 30.7 Å². The number of benzene rings is 1. The van der Waals surface area contributed by atoms with Crippen LogP contribution in [0.4, 0.5) is 0 Å². The summed E-state index contributed by atoms with van der Waals surface area (Å²) in [6.45, 7) is 4.27. The van der Waals surface area contributed by atoms with Crippen LogP contribution in [0.25, 0.3) is 0 Å². The predicted molar refractivity (Wildman–Crippen MR) is 116 cm³/mol. The molecule has 3 unspecified atom stereocenters. The number of nitrogens with one attached hydrogen (secondary N) is 1. The molecule has 0 aliphatic carbocycles. The number of β-amino-alcohol motifs (C(OH)–C–C–N with tert-alkyl or cyclic N) is 1. The fraction of sp³-hybridized carbons (Fsp3) is 0.450. The van der Waals surface area contributed by atoms with Crippen molar-refractivity contribution in [3.05, 3.63) is 50.4 Å². The van der Waals surface area contributed by atoms with E-state index in [9.17, 15) is 14.7 Å². The molecule has 3 atom stereocenters. The van der Waals surface area contributed by atoms with Gasteiger partial charge in [-0.05, 0) is 46.2 Å². The van der Waals surface area contributed by atoms with Crippen LogP contribution in [0.1, 0.15) is 37.5 Å². The van der Waals surface area contributed by atoms with E-state index < -0.39 is 18.1 Å². The number of likely N-dealkylation sites (tertiary alicyclic amines) is 1. The molecule has 1 saturated heterocycles. The molecule has 1 aromatic carbocycles. The van der Waals surface area contributed by atoms with E-state index in [4.69, 9.17) is 16.1 Å². The Morgan fingerprint density at radius 3 is 2.66 bits per heavy atom. The lowest BCUT2D eigenvalue weighted by atomic mass is 9.91. The molecular weight excluding hydrogens is 509 g/mol. The first-order valence-corrected chi connectivity index (χ1v) is 10.8. The SMILES string of the molecule is CC(C)C(C(=O)N1CC(O)CC1C(=O)NCc1ccc(Cl)cc1)c1cc(I)no1. The molecular formula is C20H23ClIN3O4. The van der Waals surface area contributed by atoms with Crippen LogP contribution in [0.15, 0.2) is 34.9 Å². The summed E-state index contributed by atoms with van der Waals surface area (Å²) >= 11 is 7.91. The van der Waals surface area contributed by atoms with Crippen LogP contribution < -0.4 is 5.32 Å². The number of nitrogens with zero attached hydrogens (tertiary/aromatic N) is 2. The van der Waals surface area contributed by atoms with Crippen molar-refractivity contribution in [2.75, 3.05) is 6.54 Å². The first-order valence-electron chi connectivity index (χ1n) is 9.39. The third-order valence-electron chi connectivity index (χ3n) is 4.98. The smallest absolute Gasteiger partial charge is 0.243 e. The minimum atomic E-state index is -0.743. The Morgan fingerprint density at radius 2 is 2.07 bits per heavy atom. The van der Waals surface area contributed by atoms with Crippen molar-refractivity contribution < 1.29 is 19.2 Å². The van der Waals surface area contributed by atoms with Crippen LogP contribution in [0.5, 0.6) is 0 Å². The quantitative estimate of drug-likeness (QED) is 0.559. The van der Waals surface area contributed by atoms with E-state index in [2.05, 4.69) is 10.5 Å². The molecule has 0 radical (unpaired) electrons. The minimum absolute atomic E-state index is 0.0539. The first kappa shape index (κ1) is 22.0. The number of amides is 2. The van der Waals surface area contributed by atoms with Crippen LogP contribution in [-0.4, -0.2) is 45.7 Å². The number of aliphatic hydroxyl groups is 1. The Labute approximate surface area is 187 Å². The van der Waals surface area contributed by atoms with Gasteiger partial charge in [-0.25, -0.2) is 0 Å². The van der Waals surface area contributed by atoms with E-state index in [1.165, 1.54) is 4.90 Å². The summed E-state index contributed by atoms with van der Waals surface area (Å²) in [5.74, 6) is -0.684. The Hall–Kier alpha value is -1.65. The maximum absolute atomic E-state index is 13.3. The van der Waals surface area contributed by atoms with Crippen molar-refractivity contribution in [3.63, 3.8) is 0 Å². The Morgan fingerprint density at radius 1 is 1.38 bits per heavy atom. The molecule has 9 heteroatoms. The normalized spacial score (nSPS) is 20.1. The third-order valence-corrected chi connectivity index (χ3v) is 5.74. The molecule has 1 aliphatic rings. The van der Waals surface area contributed by atoms with Crippen molar-refractivity contribution in [2.24, 2.45) is 5.92 Å². The molecule has 29 heavy (non-hydrogen) atoms. The number of carbonyl (C=O) groups excluding carboxylic acids is 2. The summed E-state index contributed by atoms with van der Waals surface area (Å²) in [6.07, 6.45) is -0.537. The van der Waals surface area contributed by atoms with Crippen molar-refractivity contribution in [2.45, 2.75) is 44.9 Å². The molecule has 2 heterocycles. The fourth-order valence-corrected chi connectivity index (χ4v) is 4.07.